The van der Waals surface area contributed by atoms with E-state index in [1.807, 2.05) is 36.4 Å². The molecule has 4 rings (SSSR count). The Morgan fingerprint density at radius 1 is 1.04 bits per heavy atom. The number of carbonyl (C=O) groups is 2. The van der Waals surface area contributed by atoms with E-state index in [0.717, 1.165) is 16.8 Å². The van der Waals surface area contributed by atoms with E-state index >= 15 is 0 Å². The molecule has 0 unspecified atom stereocenters. The van der Waals surface area contributed by atoms with Gasteiger partial charge >= 0.3 is 0 Å². The van der Waals surface area contributed by atoms with E-state index in [-0.39, 0.29) is 11.8 Å². The fourth-order valence-corrected chi connectivity index (χ4v) is 3.25. The van der Waals surface area contributed by atoms with Crippen LogP contribution >= 0.6 is 11.6 Å². The zero-order valence-electron chi connectivity index (χ0n) is 14.8. The number of aromatic nitrogens is 1. The van der Waals surface area contributed by atoms with Crippen LogP contribution in [0, 0.1) is 0 Å². The highest BCUT2D eigenvalue weighted by Gasteiger charge is 2.32. The Morgan fingerprint density at radius 3 is 2.50 bits per heavy atom. The summed E-state index contributed by atoms with van der Waals surface area (Å²) in [6.07, 6.45) is 4.53. The van der Waals surface area contributed by atoms with Gasteiger partial charge in [0, 0.05) is 34.7 Å². The van der Waals surface area contributed by atoms with Crippen molar-refractivity contribution in [2.24, 2.45) is 0 Å². The summed E-state index contributed by atoms with van der Waals surface area (Å²) in [5, 5.41) is 3.39. The van der Waals surface area contributed by atoms with Gasteiger partial charge in [-0.15, -0.1) is 0 Å². The molecule has 28 heavy (non-hydrogen) atoms. The fraction of sp³-hybridized carbons (Fsp3) is 0.0455. The van der Waals surface area contributed by atoms with Gasteiger partial charge in [-0.2, -0.15) is 0 Å². The number of nitrogens with one attached hydrogen (secondary N) is 1. The highest BCUT2D eigenvalue weighted by molar-refractivity contribution is 6.35. The fourth-order valence-electron chi connectivity index (χ4n) is 3.12. The van der Waals surface area contributed by atoms with E-state index < -0.39 is 0 Å². The summed E-state index contributed by atoms with van der Waals surface area (Å²) in [7, 11) is 0. The first-order chi connectivity index (χ1) is 13.6. The number of para-hydroxylation sites is 1. The number of anilines is 2. The van der Waals surface area contributed by atoms with Crippen molar-refractivity contribution in [3.05, 3.63) is 95.3 Å². The average molecular weight is 390 g/mol. The SMILES string of the molecule is O=C(/C=C1/C(=O)N(Cc2ccc(Cl)cc2)c2ccccc21)Nc1ccncc1. The Bertz CT molecular complexity index is 1060. The summed E-state index contributed by atoms with van der Waals surface area (Å²) < 4.78 is 0. The van der Waals surface area contributed by atoms with Crippen LogP contribution in [-0.4, -0.2) is 16.8 Å². The molecule has 0 aliphatic carbocycles. The molecule has 1 aliphatic rings. The minimum atomic E-state index is -0.363. The van der Waals surface area contributed by atoms with Crippen LogP contribution in [0.3, 0.4) is 0 Å². The van der Waals surface area contributed by atoms with Gasteiger partial charge < -0.3 is 10.2 Å². The van der Waals surface area contributed by atoms with Gasteiger partial charge in [-0.05, 0) is 35.9 Å². The van der Waals surface area contributed by atoms with Crippen LogP contribution in [0.4, 0.5) is 11.4 Å². The first-order valence-corrected chi connectivity index (χ1v) is 9.08. The van der Waals surface area contributed by atoms with Crippen molar-refractivity contribution in [3.8, 4) is 0 Å². The molecule has 1 N–H and O–H groups in total. The molecular weight excluding hydrogens is 374 g/mol. The molecule has 1 aliphatic heterocycles. The Labute approximate surface area is 167 Å². The summed E-state index contributed by atoms with van der Waals surface area (Å²) in [6, 6.07) is 18.2. The van der Waals surface area contributed by atoms with Crippen molar-refractivity contribution in [1.82, 2.24) is 4.98 Å². The van der Waals surface area contributed by atoms with Crippen LogP contribution in [0.15, 0.2) is 79.1 Å². The summed E-state index contributed by atoms with van der Waals surface area (Å²) in [4.78, 5) is 31.1. The number of halogens is 1. The first kappa shape index (κ1) is 17.9. The highest BCUT2D eigenvalue weighted by Crippen LogP contribution is 2.37. The van der Waals surface area contributed by atoms with Gasteiger partial charge in [-0.25, -0.2) is 0 Å². The molecule has 0 saturated carbocycles. The maximum atomic E-state index is 13.1. The molecule has 2 heterocycles. The standard InChI is InChI=1S/C22H16ClN3O2/c23-16-7-5-15(6-8-16)14-26-20-4-2-1-3-18(20)19(22(26)28)13-21(27)25-17-9-11-24-12-10-17/h1-13H,14H2,(H,24,25,27)/b19-13+. The lowest BCUT2D eigenvalue weighted by Crippen LogP contribution is -2.26. The molecule has 1 aromatic heterocycles. The number of nitrogens with zero attached hydrogens (tertiary/aromatic N) is 2. The molecule has 0 bridgehead atoms. The van der Waals surface area contributed by atoms with E-state index in [1.165, 1.54) is 6.08 Å². The van der Waals surface area contributed by atoms with Gasteiger partial charge in [0.2, 0.25) is 5.91 Å². The molecule has 6 heteroatoms. The van der Waals surface area contributed by atoms with Crippen molar-refractivity contribution >= 4 is 40.4 Å². The van der Waals surface area contributed by atoms with Crippen LogP contribution in [0.5, 0.6) is 0 Å². The van der Waals surface area contributed by atoms with E-state index in [0.29, 0.717) is 22.8 Å². The van der Waals surface area contributed by atoms with Crippen LogP contribution in [0.2, 0.25) is 5.02 Å². The second-order valence-electron chi connectivity index (χ2n) is 6.32. The molecule has 0 atom stereocenters. The third-order valence-electron chi connectivity index (χ3n) is 4.44. The average Bonchev–Trinajstić information content (AvgIpc) is 2.96. The number of amides is 2. The zero-order chi connectivity index (χ0) is 19.5. The lowest BCUT2D eigenvalue weighted by molar-refractivity contribution is -0.114. The molecular formula is C22H16ClN3O2. The lowest BCUT2D eigenvalue weighted by Gasteiger charge is -2.17. The van der Waals surface area contributed by atoms with Gasteiger partial charge in [-0.3, -0.25) is 14.6 Å². The van der Waals surface area contributed by atoms with Crippen LogP contribution in [0.25, 0.3) is 5.57 Å². The molecule has 5 nitrogen and oxygen atoms in total. The predicted molar refractivity (Wildman–Crippen MR) is 110 cm³/mol. The van der Waals surface area contributed by atoms with Gasteiger partial charge in [0.1, 0.15) is 0 Å². The number of carbonyl (C=O) groups excluding carboxylic acids is 2. The minimum Gasteiger partial charge on any atom is -0.322 e. The molecule has 0 spiro atoms. The third-order valence-corrected chi connectivity index (χ3v) is 4.69. The van der Waals surface area contributed by atoms with E-state index in [4.69, 9.17) is 11.6 Å². The summed E-state index contributed by atoms with van der Waals surface area (Å²) in [6.45, 7) is 0.399. The van der Waals surface area contributed by atoms with Gasteiger partial charge in [-0.1, -0.05) is 41.9 Å². The monoisotopic (exact) mass is 389 g/mol. The van der Waals surface area contributed by atoms with Gasteiger partial charge in [0.15, 0.2) is 0 Å². The number of rotatable bonds is 4. The van der Waals surface area contributed by atoms with Crippen LogP contribution in [0.1, 0.15) is 11.1 Å². The number of fused-ring (bicyclic) bond motifs is 1. The Hall–Kier alpha value is -3.44. The molecule has 3 aromatic rings. The Kier molecular flexibility index (Phi) is 4.91. The topological polar surface area (TPSA) is 62.3 Å². The van der Waals surface area contributed by atoms with Crippen molar-refractivity contribution in [2.45, 2.75) is 6.54 Å². The summed E-state index contributed by atoms with van der Waals surface area (Å²) in [5.41, 5.74) is 3.47. The van der Waals surface area contributed by atoms with Crippen molar-refractivity contribution in [2.75, 3.05) is 10.2 Å². The second kappa shape index (κ2) is 7.66. The highest BCUT2D eigenvalue weighted by atomic mass is 35.5. The van der Waals surface area contributed by atoms with Crippen LogP contribution < -0.4 is 10.2 Å². The van der Waals surface area contributed by atoms with Crippen molar-refractivity contribution < 1.29 is 9.59 Å². The van der Waals surface area contributed by atoms with E-state index in [9.17, 15) is 9.59 Å². The van der Waals surface area contributed by atoms with Crippen LogP contribution in [-0.2, 0) is 16.1 Å². The summed E-state index contributed by atoms with van der Waals surface area (Å²) >= 11 is 5.95. The number of pyridine rings is 1. The maximum absolute atomic E-state index is 13.1. The smallest absolute Gasteiger partial charge is 0.259 e. The number of hydrogen-bond acceptors (Lipinski definition) is 3. The Balaban J connectivity index is 1.62. The molecule has 0 radical (unpaired) electrons. The van der Waals surface area contributed by atoms with Gasteiger partial charge in [0.05, 0.1) is 17.8 Å². The predicted octanol–water partition coefficient (Wildman–Crippen LogP) is 4.30. The van der Waals surface area contributed by atoms with Crippen molar-refractivity contribution in [1.29, 1.82) is 0 Å². The largest absolute Gasteiger partial charge is 0.322 e. The molecule has 138 valence electrons. The number of hydrogen-bond donors (Lipinski definition) is 1. The summed E-state index contributed by atoms with van der Waals surface area (Å²) in [5.74, 6) is -0.571. The molecule has 2 aromatic carbocycles. The quantitative estimate of drug-likeness (QED) is 0.676. The van der Waals surface area contributed by atoms with E-state index in [1.54, 1.807) is 41.6 Å². The maximum Gasteiger partial charge on any atom is 0.259 e. The third kappa shape index (κ3) is 3.66. The second-order valence-corrected chi connectivity index (χ2v) is 6.75. The molecule has 0 saturated heterocycles. The molecule has 0 fully saturated rings. The zero-order valence-corrected chi connectivity index (χ0v) is 15.6. The first-order valence-electron chi connectivity index (χ1n) is 8.70. The van der Waals surface area contributed by atoms with Gasteiger partial charge in [0.25, 0.3) is 5.91 Å². The lowest BCUT2D eigenvalue weighted by atomic mass is 10.1. The number of benzene rings is 2. The van der Waals surface area contributed by atoms with Crippen molar-refractivity contribution in [3.63, 3.8) is 0 Å². The molecule has 2 amide bonds. The van der Waals surface area contributed by atoms with E-state index in [2.05, 4.69) is 10.3 Å². The Morgan fingerprint density at radius 2 is 1.75 bits per heavy atom. The minimum absolute atomic E-state index is 0.207. The normalized spacial score (nSPS) is 14.2.